The van der Waals surface area contributed by atoms with Gasteiger partial charge in [-0.2, -0.15) is 0 Å². The number of pyridine rings is 1. The number of aromatic nitrogens is 5. The zero-order valence-corrected chi connectivity index (χ0v) is 19.4. The van der Waals surface area contributed by atoms with E-state index in [1.165, 1.54) is 23.3 Å². The summed E-state index contributed by atoms with van der Waals surface area (Å²) >= 11 is 1.73. The normalized spacial score (nSPS) is 14.7. The summed E-state index contributed by atoms with van der Waals surface area (Å²) in [4.78, 5) is 19.6. The molecule has 166 valence electrons. The Kier molecular flexibility index (Phi) is 5.89. The van der Waals surface area contributed by atoms with Crippen molar-refractivity contribution in [1.29, 1.82) is 0 Å². The number of benzene rings is 1. The molecule has 0 spiro atoms. The van der Waals surface area contributed by atoms with Crippen molar-refractivity contribution in [3.05, 3.63) is 73.5 Å². The molecule has 1 N–H and O–H groups in total. The van der Waals surface area contributed by atoms with Gasteiger partial charge in [-0.25, -0.2) is 4.68 Å². The van der Waals surface area contributed by atoms with Gasteiger partial charge in [-0.05, 0) is 71.6 Å². The van der Waals surface area contributed by atoms with Gasteiger partial charge < -0.3 is 4.98 Å². The molecule has 0 radical (unpaired) electrons. The smallest absolute Gasteiger partial charge is 0.252 e. The lowest BCUT2D eigenvalue weighted by Gasteiger charge is -2.22. The number of thiophene rings is 1. The van der Waals surface area contributed by atoms with Gasteiger partial charge in [-0.3, -0.25) is 9.69 Å². The van der Waals surface area contributed by atoms with Crippen LogP contribution in [0.1, 0.15) is 59.1 Å². The van der Waals surface area contributed by atoms with Gasteiger partial charge in [0.2, 0.25) is 0 Å². The summed E-state index contributed by atoms with van der Waals surface area (Å²) in [6.45, 7) is 6.01. The third-order valence-electron chi connectivity index (χ3n) is 6.32. The first-order valence-electron chi connectivity index (χ1n) is 11.2. The van der Waals surface area contributed by atoms with Crippen LogP contribution in [-0.2, 0) is 19.6 Å². The van der Waals surface area contributed by atoms with E-state index < -0.39 is 0 Å². The minimum atomic E-state index is -0.0315. The first kappa shape index (κ1) is 21.0. The summed E-state index contributed by atoms with van der Waals surface area (Å²) in [5.41, 5.74) is 3.93. The molecule has 7 nitrogen and oxygen atoms in total. The summed E-state index contributed by atoms with van der Waals surface area (Å²) in [5, 5.41) is 15.8. The van der Waals surface area contributed by atoms with E-state index >= 15 is 0 Å². The molecule has 0 aliphatic heterocycles. The van der Waals surface area contributed by atoms with Crippen LogP contribution in [0.15, 0.2) is 40.5 Å². The van der Waals surface area contributed by atoms with E-state index in [0.717, 1.165) is 47.2 Å². The van der Waals surface area contributed by atoms with E-state index in [9.17, 15) is 4.79 Å². The Balaban J connectivity index is 1.46. The van der Waals surface area contributed by atoms with E-state index in [2.05, 4.69) is 62.0 Å². The molecule has 0 saturated heterocycles. The number of aryl methyl sites for hydroxylation is 2. The molecule has 5 rings (SSSR count). The number of nitrogens with one attached hydrogen (secondary N) is 1. The molecule has 0 amide bonds. The zero-order chi connectivity index (χ0) is 22.1. The molecule has 4 aromatic rings. The molecule has 8 heteroatoms. The summed E-state index contributed by atoms with van der Waals surface area (Å²) in [6.07, 6.45) is 4.72. The second kappa shape index (κ2) is 8.96. The molecule has 0 atom stereocenters. The van der Waals surface area contributed by atoms with Crippen LogP contribution in [0.5, 0.6) is 0 Å². The summed E-state index contributed by atoms with van der Waals surface area (Å²) in [5.74, 6) is 0.873. The first-order chi connectivity index (χ1) is 15.6. The Morgan fingerprint density at radius 3 is 2.78 bits per heavy atom. The summed E-state index contributed by atoms with van der Waals surface area (Å²) < 4.78 is 2.01. The van der Waals surface area contributed by atoms with Crippen molar-refractivity contribution >= 4 is 22.2 Å². The molecular formula is C24H28N6OS. The topological polar surface area (TPSA) is 79.7 Å². The summed E-state index contributed by atoms with van der Waals surface area (Å²) in [6, 6.07) is 10.9. The lowest BCUT2D eigenvalue weighted by atomic mass is 10.1. The first-order valence-corrected chi connectivity index (χ1v) is 12.1. The average Bonchev–Trinajstić information content (AvgIpc) is 3.51. The SMILES string of the molecule is Cc1cc(C)c2[nH]c(=O)c(CN(Cc3cccs3)Cc3nnnn3C3CCCC3)cc2c1. The molecule has 0 bridgehead atoms. The number of nitrogens with zero attached hydrogens (tertiary/aromatic N) is 5. The van der Waals surface area contributed by atoms with Gasteiger partial charge in [0, 0.05) is 23.5 Å². The van der Waals surface area contributed by atoms with Gasteiger partial charge in [0.05, 0.1) is 18.1 Å². The fourth-order valence-electron chi connectivity index (χ4n) is 4.83. The minimum absolute atomic E-state index is 0.0315. The second-order valence-corrected chi connectivity index (χ2v) is 9.90. The van der Waals surface area contributed by atoms with E-state index in [1.807, 2.05) is 17.7 Å². The molecule has 1 fully saturated rings. The Labute approximate surface area is 191 Å². The van der Waals surface area contributed by atoms with Crippen molar-refractivity contribution in [3.63, 3.8) is 0 Å². The zero-order valence-electron chi connectivity index (χ0n) is 18.5. The predicted octanol–water partition coefficient (Wildman–Crippen LogP) is 4.51. The van der Waals surface area contributed by atoms with Gasteiger partial charge in [-0.15, -0.1) is 16.4 Å². The minimum Gasteiger partial charge on any atom is -0.321 e. The van der Waals surface area contributed by atoms with Gasteiger partial charge in [0.25, 0.3) is 5.56 Å². The maximum atomic E-state index is 13.0. The molecule has 32 heavy (non-hydrogen) atoms. The number of rotatable bonds is 7. The van der Waals surface area contributed by atoms with Crippen molar-refractivity contribution in [1.82, 2.24) is 30.1 Å². The maximum Gasteiger partial charge on any atom is 0.252 e. The highest BCUT2D eigenvalue weighted by atomic mass is 32.1. The van der Waals surface area contributed by atoms with Crippen LogP contribution in [0, 0.1) is 13.8 Å². The standard InChI is InChI=1S/C24H28N6OS/c1-16-10-17(2)23-18(11-16)12-19(24(31)25-23)13-29(14-21-8-5-9-32-21)15-22-26-27-28-30(22)20-6-3-4-7-20/h5,8-12,20H,3-4,6-7,13-15H2,1-2H3,(H,25,31). The van der Waals surface area contributed by atoms with Crippen LogP contribution in [0.25, 0.3) is 10.9 Å². The third kappa shape index (κ3) is 4.38. The number of fused-ring (bicyclic) bond motifs is 1. The lowest BCUT2D eigenvalue weighted by molar-refractivity contribution is 0.234. The van der Waals surface area contributed by atoms with Crippen LogP contribution in [0.2, 0.25) is 0 Å². The Morgan fingerprint density at radius 2 is 2.00 bits per heavy atom. The van der Waals surface area contributed by atoms with E-state index in [-0.39, 0.29) is 5.56 Å². The van der Waals surface area contributed by atoms with E-state index in [0.29, 0.717) is 19.1 Å². The molecule has 0 unspecified atom stereocenters. The molecule has 3 aromatic heterocycles. The number of hydrogen-bond acceptors (Lipinski definition) is 6. The van der Waals surface area contributed by atoms with Gasteiger partial charge in [0.15, 0.2) is 5.82 Å². The van der Waals surface area contributed by atoms with Crippen LogP contribution in [0.3, 0.4) is 0 Å². The third-order valence-corrected chi connectivity index (χ3v) is 7.18. The number of tetrazole rings is 1. The highest BCUT2D eigenvalue weighted by molar-refractivity contribution is 7.09. The summed E-state index contributed by atoms with van der Waals surface area (Å²) in [7, 11) is 0. The number of aromatic amines is 1. The second-order valence-electron chi connectivity index (χ2n) is 8.87. The van der Waals surface area contributed by atoms with Crippen LogP contribution < -0.4 is 5.56 Å². The van der Waals surface area contributed by atoms with Crippen molar-refractivity contribution in [2.75, 3.05) is 0 Å². The average molecular weight is 449 g/mol. The highest BCUT2D eigenvalue weighted by Crippen LogP contribution is 2.29. The van der Waals surface area contributed by atoms with Crippen LogP contribution in [-0.4, -0.2) is 30.1 Å². The van der Waals surface area contributed by atoms with Gasteiger partial charge in [0.1, 0.15) is 0 Å². The van der Waals surface area contributed by atoms with Crippen molar-refractivity contribution in [2.45, 2.75) is 65.2 Å². The largest absolute Gasteiger partial charge is 0.321 e. The van der Waals surface area contributed by atoms with Gasteiger partial charge >= 0.3 is 0 Å². The van der Waals surface area contributed by atoms with E-state index in [1.54, 1.807) is 11.3 Å². The highest BCUT2D eigenvalue weighted by Gasteiger charge is 2.23. The van der Waals surface area contributed by atoms with Gasteiger partial charge in [-0.1, -0.05) is 30.5 Å². The van der Waals surface area contributed by atoms with Crippen molar-refractivity contribution in [2.24, 2.45) is 0 Å². The number of hydrogen-bond donors (Lipinski definition) is 1. The van der Waals surface area contributed by atoms with Crippen molar-refractivity contribution in [3.8, 4) is 0 Å². The molecule has 3 heterocycles. The molecule has 1 saturated carbocycles. The molecular weight excluding hydrogens is 420 g/mol. The number of H-pyrrole nitrogens is 1. The monoisotopic (exact) mass is 448 g/mol. The van der Waals surface area contributed by atoms with Crippen LogP contribution >= 0.6 is 11.3 Å². The van der Waals surface area contributed by atoms with E-state index in [4.69, 9.17) is 0 Å². The Hall–Kier alpha value is -2.84. The molecule has 1 aliphatic carbocycles. The Morgan fingerprint density at radius 1 is 1.16 bits per heavy atom. The van der Waals surface area contributed by atoms with Crippen LogP contribution in [0.4, 0.5) is 0 Å². The van der Waals surface area contributed by atoms with Crippen molar-refractivity contribution < 1.29 is 0 Å². The quantitative estimate of drug-likeness (QED) is 0.450. The molecule has 1 aromatic carbocycles. The lowest BCUT2D eigenvalue weighted by Crippen LogP contribution is -2.28. The fraction of sp³-hybridized carbons (Fsp3) is 0.417. The molecule has 1 aliphatic rings. The Bertz CT molecular complexity index is 1270. The predicted molar refractivity (Wildman–Crippen MR) is 127 cm³/mol. The maximum absolute atomic E-state index is 13.0. The fourth-order valence-corrected chi connectivity index (χ4v) is 5.58.